The molecule has 27 heavy (non-hydrogen) atoms. The van der Waals surface area contributed by atoms with Crippen LogP contribution in [0.1, 0.15) is 36.8 Å². The standard InChI is InChI=1S/C23H22F4/c1-3-5-10-16-21(23(26,27)22(24,25)15-4-2)19-13-8-6-11-17(19)18-12-7-9-14-20(18)21/h3-4,6-9,11-14H,1-2,5,10,15-16H2. The van der Waals surface area contributed by atoms with Crippen LogP contribution in [0.2, 0.25) is 0 Å². The Hall–Kier alpha value is -2.36. The zero-order valence-electron chi connectivity index (χ0n) is 15.0. The summed E-state index contributed by atoms with van der Waals surface area (Å²) in [5.41, 5.74) is -0.357. The van der Waals surface area contributed by atoms with Gasteiger partial charge in [-0.05, 0) is 41.5 Å². The minimum Gasteiger partial charge on any atom is -0.200 e. The zero-order valence-corrected chi connectivity index (χ0v) is 15.0. The average Bonchev–Trinajstić information content (AvgIpc) is 2.94. The molecule has 0 heterocycles. The summed E-state index contributed by atoms with van der Waals surface area (Å²) in [5, 5.41) is 0. The quantitative estimate of drug-likeness (QED) is 0.261. The highest BCUT2D eigenvalue weighted by Crippen LogP contribution is 2.62. The fourth-order valence-corrected chi connectivity index (χ4v) is 4.22. The highest BCUT2D eigenvalue weighted by atomic mass is 19.3. The largest absolute Gasteiger partial charge is 0.323 e. The topological polar surface area (TPSA) is 0 Å². The Bertz CT molecular complexity index is 805. The molecule has 1 aliphatic rings. The van der Waals surface area contributed by atoms with Crippen molar-refractivity contribution in [3.05, 3.63) is 85.0 Å². The third-order valence-electron chi connectivity index (χ3n) is 5.42. The number of benzene rings is 2. The molecule has 142 valence electrons. The summed E-state index contributed by atoms with van der Waals surface area (Å²) >= 11 is 0. The van der Waals surface area contributed by atoms with E-state index in [1.807, 2.05) is 0 Å². The van der Waals surface area contributed by atoms with Crippen molar-refractivity contribution in [2.45, 2.75) is 42.9 Å². The maximum Gasteiger partial charge on any atom is 0.323 e. The molecule has 0 bridgehead atoms. The van der Waals surface area contributed by atoms with Gasteiger partial charge in [-0.25, -0.2) is 0 Å². The SMILES string of the molecule is C=CCCCC1(C(F)(F)C(F)(F)CC=C)c2ccccc2-c2ccccc21. The number of hydrogen-bond acceptors (Lipinski definition) is 0. The van der Waals surface area contributed by atoms with Crippen molar-refractivity contribution >= 4 is 0 Å². The molecule has 0 radical (unpaired) electrons. The first kappa shape index (κ1) is 19.4. The van der Waals surface area contributed by atoms with E-state index in [9.17, 15) is 8.78 Å². The van der Waals surface area contributed by atoms with E-state index in [1.54, 1.807) is 54.6 Å². The Labute approximate surface area is 157 Å². The smallest absolute Gasteiger partial charge is 0.200 e. The number of hydrogen-bond donors (Lipinski definition) is 0. The first-order valence-corrected chi connectivity index (χ1v) is 9.00. The Morgan fingerprint density at radius 1 is 0.815 bits per heavy atom. The molecule has 0 unspecified atom stereocenters. The highest BCUT2D eigenvalue weighted by molar-refractivity contribution is 5.81. The van der Waals surface area contributed by atoms with E-state index in [2.05, 4.69) is 13.2 Å². The molecule has 2 aromatic carbocycles. The van der Waals surface area contributed by atoms with Crippen LogP contribution in [0.5, 0.6) is 0 Å². The summed E-state index contributed by atoms with van der Waals surface area (Å²) in [5.74, 6) is -8.49. The Morgan fingerprint density at radius 2 is 1.33 bits per heavy atom. The Balaban J connectivity index is 2.32. The molecule has 0 amide bonds. The van der Waals surface area contributed by atoms with Crippen LogP contribution in [-0.4, -0.2) is 11.8 Å². The summed E-state index contributed by atoms with van der Waals surface area (Å²) < 4.78 is 60.9. The lowest BCUT2D eigenvalue weighted by Gasteiger charge is -2.43. The van der Waals surface area contributed by atoms with Gasteiger partial charge in [0, 0.05) is 6.42 Å². The minimum absolute atomic E-state index is 0.0905. The summed E-state index contributed by atoms with van der Waals surface area (Å²) in [6.45, 7) is 6.87. The van der Waals surface area contributed by atoms with Crippen LogP contribution < -0.4 is 0 Å². The van der Waals surface area contributed by atoms with E-state index in [0.29, 0.717) is 24.0 Å². The van der Waals surface area contributed by atoms with Crippen LogP contribution in [0.25, 0.3) is 11.1 Å². The zero-order chi connectivity index (χ0) is 19.7. The van der Waals surface area contributed by atoms with Gasteiger partial charge in [-0.1, -0.05) is 60.7 Å². The van der Waals surface area contributed by atoms with Gasteiger partial charge in [0.05, 0.1) is 5.41 Å². The molecule has 0 saturated heterocycles. The monoisotopic (exact) mass is 374 g/mol. The van der Waals surface area contributed by atoms with Gasteiger partial charge < -0.3 is 0 Å². The first-order chi connectivity index (χ1) is 12.8. The van der Waals surface area contributed by atoms with Gasteiger partial charge >= 0.3 is 11.8 Å². The van der Waals surface area contributed by atoms with E-state index < -0.39 is 23.7 Å². The fourth-order valence-electron chi connectivity index (χ4n) is 4.22. The van der Waals surface area contributed by atoms with Crippen molar-refractivity contribution in [2.75, 3.05) is 0 Å². The van der Waals surface area contributed by atoms with Crippen molar-refractivity contribution in [3.8, 4) is 11.1 Å². The number of halogens is 4. The van der Waals surface area contributed by atoms with Crippen molar-refractivity contribution < 1.29 is 17.6 Å². The molecule has 0 fully saturated rings. The third-order valence-corrected chi connectivity index (χ3v) is 5.42. The molecule has 0 N–H and O–H groups in total. The van der Waals surface area contributed by atoms with Gasteiger partial charge in [-0.3, -0.25) is 0 Å². The molecule has 0 atom stereocenters. The Kier molecular flexibility index (Phi) is 5.02. The second-order valence-electron chi connectivity index (χ2n) is 6.95. The van der Waals surface area contributed by atoms with Crippen LogP contribution >= 0.6 is 0 Å². The molecule has 2 aromatic rings. The van der Waals surface area contributed by atoms with E-state index >= 15 is 8.78 Å². The Morgan fingerprint density at radius 3 is 1.81 bits per heavy atom. The number of fused-ring (bicyclic) bond motifs is 3. The van der Waals surface area contributed by atoms with Crippen molar-refractivity contribution in [1.82, 2.24) is 0 Å². The lowest BCUT2D eigenvalue weighted by molar-refractivity contribution is -0.237. The predicted octanol–water partition coefficient (Wildman–Crippen LogP) is 7.16. The summed E-state index contributed by atoms with van der Waals surface area (Å²) in [4.78, 5) is 0. The van der Waals surface area contributed by atoms with Gasteiger partial charge in [-0.2, -0.15) is 17.6 Å². The van der Waals surface area contributed by atoms with E-state index in [0.717, 1.165) is 6.08 Å². The van der Waals surface area contributed by atoms with Gasteiger partial charge in [0.25, 0.3) is 0 Å². The fraction of sp³-hybridized carbons (Fsp3) is 0.304. The molecule has 4 heteroatoms. The van der Waals surface area contributed by atoms with Crippen molar-refractivity contribution in [1.29, 1.82) is 0 Å². The van der Waals surface area contributed by atoms with E-state index in [4.69, 9.17) is 0 Å². The van der Waals surface area contributed by atoms with Crippen molar-refractivity contribution in [2.24, 2.45) is 0 Å². The lowest BCUT2D eigenvalue weighted by atomic mass is 9.67. The molecule has 1 aliphatic carbocycles. The lowest BCUT2D eigenvalue weighted by Crippen LogP contribution is -2.56. The molecule has 0 saturated carbocycles. The van der Waals surface area contributed by atoms with Gasteiger partial charge in [0.2, 0.25) is 0 Å². The van der Waals surface area contributed by atoms with Crippen LogP contribution in [0.15, 0.2) is 73.8 Å². The number of unbranched alkanes of at least 4 members (excludes halogenated alkanes) is 1. The normalized spacial score (nSPS) is 15.1. The van der Waals surface area contributed by atoms with Crippen LogP contribution in [0.4, 0.5) is 17.6 Å². The highest BCUT2D eigenvalue weighted by Gasteiger charge is 2.70. The maximum atomic E-state index is 15.7. The third kappa shape index (κ3) is 2.73. The van der Waals surface area contributed by atoms with E-state index in [1.165, 1.54) is 0 Å². The van der Waals surface area contributed by atoms with Gasteiger partial charge in [0.1, 0.15) is 0 Å². The number of rotatable bonds is 8. The number of allylic oxidation sites excluding steroid dienone is 2. The maximum absolute atomic E-state index is 15.7. The first-order valence-electron chi connectivity index (χ1n) is 9.00. The van der Waals surface area contributed by atoms with Gasteiger partial charge in [0.15, 0.2) is 0 Å². The molecular formula is C23H22F4. The molecule has 0 nitrogen and oxygen atoms in total. The summed E-state index contributed by atoms with van der Waals surface area (Å²) in [6.07, 6.45) is 2.14. The molecule has 0 spiro atoms. The molecular weight excluding hydrogens is 352 g/mol. The number of alkyl halides is 4. The minimum atomic E-state index is -4.28. The average molecular weight is 374 g/mol. The molecule has 3 rings (SSSR count). The molecule has 0 aliphatic heterocycles. The van der Waals surface area contributed by atoms with Gasteiger partial charge in [-0.15, -0.1) is 13.2 Å². The van der Waals surface area contributed by atoms with Crippen LogP contribution in [0, 0.1) is 0 Å². The van der Waals surface area contributed by atoms with Crippen molar-refractivity contribution in [3.63, 3.8) is 0 Å². The van der Waals surface area contributed by atoms with Crippen LogP contribution in [0.3, 0.4) is 0 Å². The second kappa shape index (κ2) is 6.99. The second-order valence-corrected chi connectivity index (χ2v) is 6.95. The summed E-state index contributed by atoms with van der Waals surface area (Å²) in [7, 11) is 0. The predicted molar refractivity (Wildman–Crippen MR) is 101 cm³/mol. The van der Waals surface area contributed by atoms with Crippen LogP contribution in [-0.2, 0) is 5.41 Å². The van der Waals surface area contributed by atoms with E-state index in [-0.39, 0.29) is 17.5 Å². The summed E-state index contributed by atoms with van der Waals surface area (Å²) in [6, 6.07) is 13.3. The molecule has 0 aromatic heterocycles.